The van der Waals surface area contributed by atoms with Crippen molar-refractivity contribution in [1.29, 1.82) is 0 Å². The molecule has 1 N–H and O–H groups in total. The van der Waals surface area contributed by atoms with Crippen LogP contribution in [0.4, 0.5) is 26.3 Å². The molecule has 0 radical (unpaired) electrons. The summed E-state index contributed by atoms with van der Waals surface area (Å²) in [5.41, 5.74) is -2.09. The van der Waals surface area contributed by atoms with Gasteiger partial charge >= 0.3 is 6.18 Å². The number of hydrogen-bond acceptors (Lipinski definition) is 3. The van der Waals surface area contributed by atoms with Gasteiger partial charge in [0.05, 0.1) is 11.1 Å². The lowest BCUT2D eigenvalue weighted by Gasteiger charge is -2.13. The van der Waals surface area contributed by atoms with Crippen molar-refractivity contribution in [1.82, 2.24) is 5.32 Å². The second kappa shape index (κ2) is 6.64. The summed E-state index contributed by atoms with van der Waals surface area (Å²) in [5, 5.41) is 2.49. The minimum absolute atomic E-state index is 0.126. The van der Waals surface area contributed by atoms with E-state index < -0.39 is 46.6 Å². The Balaban J connectivity index is 2.07. The zero-order chi connectivity index (χ0) is 19.9. The van der Waals surface area contributed by atoms with Crippen LogP contribution in [0.15, 0.2) is 42.3 Å². The highest BCUT2D eigenvalue weighted by molar-refractivity contribution is 6.25. The van der Waals surface area contributed by atoms with Gasteiger partial charge in [0.15, 0.2) is 23.6 Å². The van der Waals surface area contributed by atoms with Gasteiger partial charge < -0.3 is 10.1 Å². The number of nitrogens with one attached hydrogen (secondary N) is 1. The topological polar surface area (TPSA) is 38.3 Å². The standard InChI is InChI=1S/C18H11F6NO2/c1-25-17-13(8-3-2-4-9(5-8)18(22,23)24)15(26)16(27-17)11-6-10(19)7-12(20)14(11)21/h2-7,16,25H,1H3. The van der Waals surface area contributed by atoms with Gasteiger partial charge in [-0.15, -0.1) is 0 Å². The van der Waals surface area contributed by atoms with Crippen molar-refractivity contribution in [3.8, 4) is 0 Å². The molecular formula is C18H11F6NO2. The van der Waals surface area contributed by atoms with Crippen molar-refractivity contribution in [2.45, 2.75) is 12.3 Å². The highest BCUT2D eigenvalue weighted by Gasteiger charge is 2.40. The summed E-state index contributed by atoms with van der Waals surface area (Å²) in [6.07, 6.45) is -6.38. The molecule has 0 saturated heterocycles. The molecule has 27 heavy (non-hydrogen) atoms. The monoisotopic (exact) mass is 387 g/mol. The zero-order valence-electron chi connectivity index (χ0n) is 13.6. The first-order valence-electron chi connectivity index (χ1n) is 7.58. The molecule has 2 aromatic rings. The molecule has 0 bridgehead atoms. The molecular weight excluding hydrogens is 376 g/mol. The molecule has 3 rings (SSSR count). The molecule has 0 spiro atoms. The smallest absolute Gasteiger partial charge is 0.416 e. The number of halogens is 6. The second-order valence-electron chi connectivity index (χ2n) is 5.69. The van der Waals surface area contributed by atoms with E-state index in [-0.39, 0.29) is 17.0 Å². The first kappa shape index (κ1) is 18.8. The fourth-order valence-electron chi connectivity index (χ4n) is 2.75. The SMILES string of the molecule is CNC1=C(c2cccc(C(F)(F)F)c2)C(=O)C(c2cc(F)cc(F)c2F)O1. The number of ether oxygens (including phenoxy) is 1. The molecule has 1 unspecified atom stereocenters. The maximum Gasteiger partial charge on any atom is 0.416 e. The number of carbonyl (C=O) groups is 1. The number of hydrogen-bond donors (Lipinski definition) is 1. The van der Waals surface area contributed by atoms with E-state index >= 15 is 0 Å². The quantitative estimate of drug-likeness (QED) is 0.629. The number of rotatable bonds is 3. The zero-order valence-corrected chi connectivity index (χ0v) is 13.6. The summed E-state index contributed by atoms with van der Waals surface area (Å²) in [4.78, 5) is 12.7. The van der Waals surface area contributed by atoms with Gasteiger partial charge in [0.2, 0.25) is 5.78 Å². The Labute approximate surface area is 149 Å². The number of ketones is 1. The Bertz CT molecular complexity index is 951. The summed E-state index contributed by atoms with van der Waals surface area (Å²) in [6.45, 7) is 0. The van der Waals surface area contributed by atoms with Crippen LogP contribution in [0.2, 0.25) is 0 Å². The Morgan fingerprint density at radius 2 is 1.78 bits per heavy atom. The highest BCUT2D eigenvalue weighted by Crippen LogP contribution is 2.40. The van der Waals surface area contributed by atoms with Crippen LogP contribution in [-0.2, 0) is 15.7 Å². The fraction of sp³-hybridized carbons (Fsp3) is 0.167. The summed E-state index contributed by atoms with van der Waals surface area (Å²) >= 11 is 0. The largest absolute Gasteiger partial charge is 0.462 e. The average Bonchev–Trinajstić information content (AvgIpc) is 2.94. The van der Waals surface area contributed by atoms with Gasteiger partial charge in [-0.2, -0.15) is 13.2 Å². The summed E-state index contributed by atoms with van der Waals surface area (Å²) in [6, 6.07) is 4.80. The lowest BCUT2D eigenvalue weighted by atomic mass is 9.95. The fourth-order valence-corrected chi connectivity index (χ4v) is 2.75. The molecule has 1 aliphatic heterocycles. The van der Waals surface area contributed by atoms with Crippen LogP contribution in [-0.4, -0.2) is 12.8 Å². The molecule has 0 aromatic heterocycles. The van der Waals surface area contributed by atoms with E-state index in [1.54, 1.807) is 0 Å². The molecule has 9 heteroatoms. The third-order valence-corrected chi connectivity index (χ3v) is 3.96. The third kappa shape index (κ3) is 3.36. The van der Waals surface area contributed by atoms with Gasteiger partial charge in [-0.1, -0.05) is 12.1 Å². The Hall–Kier alpha value is -2.97. The molecule has 0 aliphatic carbocycles. The van der Waals surface area contributed by atoms with Gasteiger partial charge in [0.1, 0.15) is 5.82 Å². The Morgan fingerprint density at radius 1 is 1.07 bits per heavy atom. The lowest BCUT2D eigenvalue weighted by Crippen LogP contribution is -2.13. The number of benzene rings is 2. The highest BCUT2D eigenvalue weighted by atomic mass is 19.4. The maximum absolute atomic E-state index is 14.0. The summed E-state index contributed by atoms with van der Waals surface area (Å²) in [5.74, 6) is -5.27. The van der Waals surface area contributed by atoms with Crippen LogP contribution in [0.5, 0.6) is 0 Å². The summed E-state index contributed by atoms with van der Waals surface area (Å²) in [7, 11) is 1.33. The van der Waals surface area contributed by atoms with E-state index in [1.807, 2.05) is 0 Å². The summed E-state index contributed by atoms with van der Waals surface area (Å²) < 4.78 is 85.0. The van der Waals surface area contributed by atoms with Crippen LogP contribution in [0.3, 0.4) is 0 Å². The second-order valence-corrected chi connectivity index (χ2v) is 5.69. The molecule has 0 saturated carbocycles. The van der Waals surface area contributed by atoms with Gasteiger partial charge in [-0.05, 0) is 23.8 Å². The van der Waals surface area contributed by atoms with Crippen LogP contribution in [0.1, 0.15) is 22.8 Å². The van der Waals surface area contributed by atoms with Crippen LogP contribution in [0.25, 0.3) is 5.57 Å². The van der Waals surface area contributed by atoms with Crippen molar-refractivity contribution in [2.24, 2.45) is 0 Å². The van der Waals surface area contributed by atoms with Gasteiger partial charge in [0.25, 0.3) is 0 Å². The Morgan fingerprint density at radius 3 is 2.41 bits per heavy atom. The number of Topliss-reactive ketones (excluding diaryl/α,β-unsaturated/α-hetero) is 1. The van der Waals surface area contributed by atoms with E-state index in [2.05, 4.69) is 5.32 Å². The molecule has 1 atom stereocenters. The van der Waals surface area contributed by atoms with Gasteiger partial charge in [-0.3, -0.25) is 4.79 Å². The van der Waals surface area contributed by atoms with Crippen molar-refractivity contribution < 1.29 is 35.9 Å². The van der Waals surface area contributed by atoms with Crippen LogP contribution >= 0.6 is 0 Å². The number of carbonyl (C=O) groups excluding carboxylic acids is 1. The predicted molar refractivity (Wildman–Crippen MR) is 82.6 cm³/mol. The maximum atomic E-state index is 14.0. The molecule has 3 nitrogen and oxygen atoms in total. The van der Waals surface area contributed by atoms with Crippen molar-refractivity contribution in [3.05, 3.63) is 76.4 Å². The van der Waals surface area contributed by atoms with E-state index in [9.17, 15) is 31.1 Å². The minimum Gasteiger partial charge on any atom is -0.462 e. The predicted octanol–water partition coefficient (Wildman–Crippen LogP) is 4.35. The average molecular weight is 387 g/mol. The Kier molecular flexibility index (Phi) is 4.63. The van der Waals surface area contributed by atoms with Crippen LogP contribution < -0.4 is 5.32 Å². The van der Waals surface area contributed by atoms with Crippen molar-refractivity contribution in [3.63, 3.8) is 0 Å². The van der Waals surface area contributed by atoms with Gasteiger partial charge in [0, 0.05) is 18.7 Å². The van der Waals surface area contributed by atoms with E-state index in [4.69, 9.17) is 4.74 Å². The van der Waals surface area contributed by atoms with E-state index in [1.165, 1.54) is 13.1 Å². The van der Waals surface area contributed by atoms with Crippen molar-refractivity contribution in [2.75, 3.05) is 7.05 Å². The minimum atomic E-state index is -4.64. The van der Waals surface area contributed by atoms with E-state index in [0.717, 1.165) is 18.2 Å². The first-order chi connectivity index (χ1) is 12.6. The molecule has 1 heterocycles. The van der Waals surface area contributed by atoms with E-state index in [0.29, 0.717) is 12.1 Å². The lowest BCUT2D eigenvalue weighted by molar-refractivity contribution is -0.137. The molecule has 1 aliphatic rings. The van der Waals surface area contributed by atoms with Gasteiger partial charge in [-0.25, -0.2) is 13.2 Å². The first-order valence-corrected chi connectivity index (χ1v) is 7.58. The molecule has 2 aromatic carbocycles. The normalized spacial score (nSPS) is 17.3. The molecule has 142 valence electrons. The molecule has 0 amide bonds. The van der Waals surface area contributed by atoms with Crippen LogP contribution in [0, 0.1) is 17.5 Å². The number of alkyl halides is 3. The van der Waals surface area contributed by atoms with Crippen molar-refractivity contribution >= 4 is 11.4 Å². The molecule has 0 fully saturated rings. The third-order valence-electron chi connectivity index (χ3n) is 3.96.